The molecule has 0 spiro atoms. The molecule has 0 radical (unpaired) electrons. The summed E-state index contributed by atoms with van der Waals surface area (Å²) in [6.07, 6.45) is 12.1. The van der Waals surface area contributed by atoms with Gasteiger partial charge in [-0.25, -0.2) is 9.97 Å². The van der Waals surface area contributed by atoms with Gasteiger partial charge in [-0.3, -0.25) is 0 Å². The van der Waals surface area contributed by atoms with Crippen molar-refractivity contribution in [1.82, 2.24) is 9.97 Å². The average molecular weight is 237 g/mol. The van der Waals surface area contributed by atoms with E-state index in [1.54, 1.807) is 12.5 Å². The van der Waals surface area contributed by atoms with Crippen LogP contribution >= 0.6 is 11.6 Å². The molecule has 1 aliphatic carbocycles. The molecule has 2 rings (SSSR count). The molecule has 16 heavy (non-hydrogen) atoms. The molecule has 86 valence electrons. The number of hydrogen-bond acceptors (Lipinski definition) is 2. The van der Waals surface area contributed by atoms with Crippen molar-refractivity contribution in [2.75, 3.05) is 5.88 Å². The van der Waals surface area contributed by atoms with E-state index in [4.69, 9.17) is 11.6 Å². The van der Waals surface area contributed by atoms with Crippen molar-refractivity contribution in [1.29, 1.82) is 0 Å². The third-order valence-corrected chi connectivity index (χ3v) is 3.53. The van der Waals surface area contributed by atoms with Gasteiger partial charge in [0, 0.05) is 12.1 Å². The van der Waals surface area contributed by atoms with Crippen molar-refractivity contribution in [3.8, 4) is 0 Å². The Kier molecular flexibility index (Phi) is 4.34. The van der Waals surface area contributed by atoms with Crippen LogP contribution in [0, 0.1) is 5.92 Å². The minimum absolute atomic E-state index is 0.620. The first kappa shape index (κ1) is 11.6. The molecule has 1 heterocycles. The molecule has 0 atom stereocenters. The lowest BCUT2D eigenvalue weighted by Crippen LogP contribution is -2.10. The number of aromatic nitrogens is 2. The molecule has 2 nitrogen and oxygen atoms in total. The molecule has 0 aliphatic heterocycles. The van der Waals surface area contributed by atoms with Crippen LogP contribution in [0.4, 0.5) is 0 Å². The summed E-state index contributed by atoms with van der Waals surface area (Å²) in [4.78, 5) is 8.13. The Hall–Kier alpha value is -0.890. The van der Waals surface area contributed by atoms with Crippen LogP contribution in [0.25, 0.3) is 6.08 Å². The summed E-state index contributed by atoms with van der Waals surface area (Å²) in [5, 5.41) is 0. The number of allylic oxidation sites excluding steroid dienone is 1. The first-order valence-corrected chi connectivity index (χ1v) is 6.46. The molecule has 3 heteroatoms. The van der Waals surface area contributed by atoms with E-state index in [0.717, 1.165) is 5.69 Å². The normalized spacial score (nSPS) is 18.7. The van der Waals surface area contributed by atoms with E-state index in [2.05, 4.69) is 16.0 Å². The summed E-state index contributed by atoms with van der Waals surface area (Å²) < 4.78 is 0. The van der Waals surface area contributed by atoms with Crippen LogP contribution in [-0.4, -0.2) is 15.8 Å². The number of rotatable bonds is 3. The van der Waals surface area contributed by atoms with E-state index < -0.39 is 0 Å². The summed E-state index contributed by atoms with van der Waals surface area (Å²) >= 11 is 6.04. The Labute approximate surface area is 102 Å². The highest BCUT2D eigenvalue weighted by Gasteiger charge is 2.17. The van der Waals surface area contributed by atoms with E-state index in [1.165, 1.54) is 37.7 Å². The molecule has 1 aliphatic rings. The van der Waals surface area contributed by atoms with Crippen molar-refractivity contribution in [3.63, 3.8) is 0 Å². The monoisotopic (exact) mass is 236 g/mol. The topological polar surface area (TPSA) is 25.8 Å². The smallest absolute Gasteiger partial charge is 0.115 e. The molecule has 0 bridgehead atoms. The van der Waals surface area contributed by atoms with Crippen molar-refractivity contribution >= 4 is 17.7 Å². The lowest BCUT2D eigenvalue weighted by molar-refractivity contribution is 0.405. The van der Waals surface area contributed by atoms with E-state index in [1.807, 2.05) is 6.07 Å². The van der Waals surface area contributed by atoms with Crippen LogP contribution in [0.1, 0.15) is 37.8 Å². The van der Waals surface area contributed by atoms with Crippen molar-refractivity contribution in [2.24, 2.45) is 5.92 Å². The Bertz CT molecular complexity index is 342. The molecule has 0 aromatic carbocycles. The number of hydrogen-bond donors (Lipinski definition) is 0. The van der Waals surface area contributed by atoms with Gasteiger partial charge in [0.25, 0.3) is 0 Å². The maximum absolute atomic E-state index is 6.04. The summed E-state index contributed by atoms with van der Waals surface area (Å²) in [6, 6.07) is 1.93. The molecule has 1 saturated carbocycles. The standard InChI is InChI=1S/C13H17ClN2/c14-9-12(11-4-2-1-3-5-11)8-13-6-7-15-10-16-13/h6-8,10-11H,1-5,9H2. The number of nitrogens with zero attached hydrogens (tertiary/aromatic N) is 2. The van der Waals surface area contributed by atoms with Gasteiger partial charge >= 0.3 is 0 Å². The van der Waals surface area contributed by atoms with Crippen molar-refractivity contribution < 1.29 is 0 Å². The lowest BCUT2D eigenvalue weighted by atomic mass is 9.84. The molecule has 1 fully saturated rings. The van der Waals surface area contributed by atoms with Gasteiger partial charge in [-0.15, -0.1) is 11.6 Å². The molecule has 0 unspecified atom stereocenters. The minimum atomic E-state index is 0.620. The molecule has 0 saturated heterocycles. The van der Waals surface area contributed by atoms with Crippen molar-refractivity contribution in [2.45, 2.75) is 32.1 Å². The minimum Gasteiger partial charge on any atom is -0.245 e. The van der Waals surface area contributed by atoms with Gasteiger partial charge < -0.3 is 0 Å². The van der Waals surface area contributed by atoms with Gasteiger partial charge in [0.2, 0.25) is 0 Å². The fourth-order valence-electron chi connectivity index (χ4n) is 2.32. The van der Waals surface area contributed by atoms with Gasteiger partial charge in [-0.1, -0.05) is 24.8 Å². The highest BCUT2D eigenvalue weighted by molar-refractivity contribution is 6.19. The van der Waals surface area contributed by atoms with Gasteiger partial charge in [0.15, 0.2) is 0 Å². The molecule has 0 amide bonds. The van der Waals surface area contributed by atoms with Gasteiger partial charge in [0.1, 0.15) is 6.33 Å². The second-order valence-electron chi connectivity index (χ2n) is 4.32. The van der Waals surface area contributed by atoms with Gasteiger partial charge in [0.05, 0.1) is 5.69 Å². The van der Waals surface area contributed by atoms with Crippen LogP contribution in [0.5, 0.6) is 0 Å². The molecular formula is C13H17ClN2. The molecule has 0 N–H and O–H groups in total. The zero-order valence-corrected chi connectivity index (χ0v) is 10.2. The van der Waals surface area contributed by atoms with Crippen LogP contribution < -0.4 is 0 Å². The maximum Gasteiger partial charge on any atom is 0.115 e. The first-order valence-electron chi connectivity index (χ1n) is 5.92. The summed E-state index contributed by atoms with van der Waals surface area (Å²) in [5.41, 5.74) is 2.30. The SMILES string of the molecule is ClCC(=Cc1ccncn1)C1CCCCC1. The second kappa shape index (κ2) is 6.00. The summed E-state index contributed by atoms with van der Waals surface area (Å²) in [6.45, 7) is 0. The maximum atomic E-state index is 6.04. The van der Waals surface area contributed by atoms with Crippen LogP contribution in [0.3, 0.4) is 0 Å². The Morgan fingerprint density at radius 2 is 2.19 bits per heavy atom. The third-order valence-electron chi connectivity index (χ3n) is 3.22. The molecule has 1 aromatic heterocycles. The summed E-state index contributed by atoms with van der Waals surface area (Å²) in [7, 11) is 0. The average Bonchev–Trinajstić information content (AvgIpc) is 2.38. The summed E-state index contributed by atoms with van der Waals surface area (Å²) in [5.74, 6) is 1.29. The molecule has 1 aromatic rings. The zero-order chi connectivity index (χ0) is 11.2. The zero-order valence-electron chi connectivity index (χ0n) is 9.40. The quantitative estimate of drug-likeness (QED) is 0.749. The highest BCUT2D eigenvalue weighted by atomic mass is 35.5. The highest BCUT2D eigenvalue weighted by Crippen LogP contribution is 2.31. The fraction of sp³-hybridized carbons (Fsp3) is 0.538. The Morgan fingerprint density at radius 1 is 1.38 bits per heavy atom. The lowest BCUT2D eigenvalue weighted by Gasteiger charge is -2.23. The van der Waals surface area contributed by atoms with Crippen LogP contribution in [0.2, 0.25) is 0 Å². The van der Waals surface area contributed by atoms with E-state index in [0.29, 0.717) is 11.8 Å². The predicted molar refractivity (Wildman–Crippen MR) is 67.3 cm³/mol. The van der Waals surface area contributed by atoms with Crippen LogP contribution in [0.15, 0.2) is 24.2 Å². The van der Waals surface area contributed by atoms with E-state index >= 15 is 0 Å². The number of halogens is 1. The van der Waals surface area contributed by atoms with Gasteiger partial charge in [-0.05, 0) is 30.9 Å². The largest absolute Gasteiger partial charge is 0.245 e. The Balaban J connectivity index is 2.12. The van der Waals surface area contributed by atoms with Gasteiger partial charge in [-0.2, -0.15) is 0 Å². The predicted octanol–water partition coefficient (Wildman–Crippen LogP) is 3.68. The third kappa shape index (κ3) is 3.05. The second-order valence-corrected chi connectivity index (χ2v) is 4.59. The fourth-order valence-corrected chi connectivity index (χ4v) is 2.61. The van der Waals surface area contributed by atoms with E-state index in [-0.39, 0.29) is 0 Å². The molecular weight excluding hydrogens is 220 g/mol. The van der Waals surface area contributed by atoms with E-state index in [9.17, 15) is 0 Å². The number of alkyl halides is 1. The van der Waals surface area contributed by atoms with Crippen molar-refractivity contribution in [3.05, 3.63) is 29.9 Å². The first-order chi connectivity index (χ1) is 7.90. The van der Waals surface area contributed by atoms with Crippen LogP contribution in [-0.2, 0) is 0 Å². The Morgan fingerprint density at radius 3 is 2.81 bits per heavy atom.